The molecule has 0 aliphatic carbocycles. The smallest absolute Gasteiger partial charge is 0.0558 e. The van der Waals surface area contributed by atoms with Crippen molar-refractivity contribution in [2.24, 2.45) is 0 Å². The summed E-state index contributed by atoms with van der Waals surface area (Å²) in [5.74, 6) is 0. The van der Waals surface area contributed by atoms with E-state index in [1.807, 2.05) is 13.0 Å². The molecule has 0 unspecified atom stereocenters. The summed E-state index contributed by atoms with van der Waals surface area (Å²) >= 11 is 0. The van der Waals surface area contributed by atoms with Crippen LogP contribution in [0.5, 0.6) is 0 Å². The zero-order valence-electron chi connectivity index (χ0n) is 12.8. The van der Waals surface area contributed by atoms with Crippen molar-refractivity contribution in [2.45, 2.75) is 39.2 Å². The predicted octanol–water partition coefficient (Wildman–Crippen LogP) is 3.08. The first-order valence-corrected chi connectivity index (χ1v) is 7.81. The number of nitrogens with zero attached hydrogens (tertiary/aromatic N) is 1. The van der Waals surface area contributed by atoms with Crippen molar-refractivity contribution in [1.82, 2.24) is 4.90 Å². The first kappa shape index (κ1) is 17.2. The average molecular weight is 279 g/mol. The highest BCUT2D eigenvalue weighted by molar-refractivity contribution is 5.14. The second kappa shape index (κ2) is 11.9. The third-order valence-electron chi connectivity index (χ3n) is 3.38. The molecule has 3 heteroatoms. The maximum Gasteiger partial charge on any atom is 0.0558 e. The Balaban J connectivity index is 2.15. The van der Waals surface area contributed by atoms with Crippen LogP contribution in [0.15, 0.2) is 30.3 Å². The molecule has 1 N–H and O–H groups in total. The molecule has 1 aromatic rings. The largest absolute Gasteiger partial charge is 0.395 e. The van der Waals surface area contributed by atoms with E-state index < -0.39 is 0 Å². The monoisotopic (exact) mass is 279 g/mol. The molecule has 1 rings (SSSR count). The van der Waals surface area contributed by atoms with E-state index in [4.69, 9.17) is 9.84 Å². The first-order valence-electron chi connectivity index (χ1n) is 7.81. The molecule has 0 bridgehead atoms. The van der Waals surface area contributed by atoms with Crippen molar-refractivity contribution in [3.8, 4) is 0 Å². The molecule has 0 fully saturated rings. The van der Waals surface area contributed by atoms with Gasteiger partial charge < -0.3 is 9.84 Å². The third-order valence-corrected chi connectivity index (χ3v) is 3.38. The highest BCUT2D eigenvalue weighted by atomic mass is 16.5. The summed E-state index contributed by atoms with van der Waals surface area (Å²) < 4.78 is 5.34. The highest BCUT2D eigenvalue weighted by Gasteiger charge is 2.04. The Morgan fingerprint density at radius 1 is 1.00 bits per heavy atom. The number of benzene rings is 1. The second-order valence-electron chi connectivity index (χ2n) is 5.10. The van der Waals surface area contributed by atoms with Crippen molar-refractivity contribution >= 4 is 0 Å². The lowest BCUT2D eigenvalue weighted by atomic mass is 10.1. The van der Waals surface area contributed by atoms with Gasteiger partial charge in [-0.05, 0) is 31.9 Å². The van der Waals surface area contributed by atoms with Crippen molar-refractivity contribution in [1.29, 1.82) is 0 Å². The molecule has 0 saturated heterocycles. The first-order chi connectivity index (χ1) is 9.86. The maximum atomic E-state index is 9.16. The van der Waals surface area contributed by atoms with Gasteiger partial charge in [-0.1, -0.05) is 43.2 Å². The molecular formula is C17H29NO2. The van der Waals surface area contributed by atoms with Gasteiger partial charge in [0, 0.05) is 26.3 Å². The quantitative estimate of drug-likeness (QED) is 0.597. The van der Waals surface area contributed by atoms with E-state index >= 15 is 0 Å². The van der Waals surface area contributed by atoms with Crippen LogP contribution in [0, 0.1) is 0 Å². The lowest BCUT2D eigenvalue weighted by molar-refractivity contribution is 0.142. The molecule has 114 valence electrons. The van der Waals surface area contributed by atoms with Gasteiger partial charge in [0.05, 0.1) is 6.61 Å². The summed E-state index contributed by atoms with van der Waals surface area (Å²) in [6, 6.07) is 10.5. The number of aliphatic hydroxyl groups is 1. The molecule has 3 nitrogen and oxygen atoms in total. The molecular weight excluding hydrogens is 250 g/mol. The molecule has 0 aromatic heterocycles. The lowest BCUT2D eigenvalue weighted by Crippen LogP contribution is -2.27. The standard InChI is InChI=1S/C17H29NO2/c1-2-20-15-9-4-3-8-12-18(13-14-19)16-17-10-6-5-7-11-17/h5-7,10-11,19H,2-4,8-9,12-16H2,1H3. The summed E-state index contributed by atoms with van der Waals surface area (Å²) in [7, 11) is 0. The zero-order valence-corrected chi connectivity index (χ0v) is 12.8. The Morgan fingerprint density at radius 3 is 2.45 bits per heavy atom. The molecule has 0 aliphatic rings. The molecule has 0 aliphatic heterocycles. The average Bonchev–Trinajstić information content (AvgIpc) is 2.47. The van der Waals surface area contributed by atoms with E-state index in [-0.39, 0.29) is 6.61 Å². The topological polar surface area (TPSA) is 32.7 Å². The van der Waals surface area contributed by atoms with E-state index in [0.29, 0.717) is 0 Å². The normalized spacial score (nSPS) is 11.2. The van der Waals surface area contributed by atoms with Crippen LogP contribution in [-0.2, 0) is 11.3 Å². The van der Waals surface area contributed by atoms with Crippen LogP contribution >= 0.6 is 0 Å². The molecule has 0 heterocycles. The van der Waals surface area contributed by atoms with E-state index in [1.165, 1.54) is 24.8 Å². The highest BCUT2D eigenvalue weighted by Crippen LogP contribution is 2.07. The third kappa shape index (κ3) is 8.31. The summed E-state index contributed by atoms with van der Waals surface area (Å²) in [5.41, 5.74) is 1.32. The van der Waals surface area contributed by atoms with Gasteiger partial charge in [0.2, 0.25) is 0 Å². The van der Waals surface area contributed by atoms with Crippen LogP contribution in [0.1, 0.15) is 38.2 Å². The molecule has 0 amide bonds. The number of rotatable bonds is 12. The fourth-order valence-corrected chi connectivity index (χ4v) is 2.29. The number of hydrogen-bond donors (Lipinski definition) is 1. The molecule has 0 saturated carbocycles. The van der Waals surface area contributed by atoms with Gasteiger partial charge in [0.25, 0.3) is 0 Å². The van der Waals surface area contributed by atoms with E-state index in [1.54, 1.807) is 0 Å². The van der Waals surface area contributed by atoms with Gasteiger partial charge in [-0.25, -0.2) is 0 Å². The molecule has 0 spiro atoms. The second-order valence-corrected chi connectivity index (χ2v) is 5.10. The molecule has 20 heavy (non-hydrogen) atoms. The fourth-order valence-electron chi connectivity index (χ4n) is 2.29. The summed E-state index contributed by atoms with van der Waals surface area (Å²) in [5, 5.41) is 9.16. The Kier molecular flexibility index (Phi) is 10.2. The minimum atomic E-state index is 0.233. The van der Waals surface area contributed by atoms with Crippen molar-refractivity contribution < 1.29 is 9.84 Å². The minimum absolute atomic E-state index is 0.233. The van der Waals surface area contributed by atoms with Gasteiger partial charge in [0.1, 0.15) is 0 Å². The zero-order chi connectivity index (χ0) is 14.5. The SMILES string of the molecule is CCOCCCCCCN(CCO)Cc1ccccc1. The number of hydrogen-bond acceptors (Lipinski definition) is 3. The van der Waals surface area contributed by atoms with Gasteiger partial charge in [-0.15, -0.1) is 0 Å². The van der Waals surface area contributed by atoms with Crippen LogP contribution in [0.4, 0.5) is 0 Å². The summed E-state index contributed by atoms with van der Waals surface area (Å²) in [6.07, 6.45) is 4.83. The molecule has 0 radical (unpaired) electrons. The Morgan fingerprint density at radius 2 is 1.75 bits per heavy atom. The molecule has 1 aromatic carbocycles. The van der Waals surface area contributed by atoms with Crippen LogP contribution < -0.4 is 0 Å². The van der Waals surface area contributed by atoms with E-state index in [0.717, 1.165) is 39.3 Å². The summed E-state index contributed by atoms with van der Waals surface area (Å²) in [6.45, 7) is 6.73. The Hall–Kier alpha value is -0.900. The van der Waals surface area contributed by atoms with E-state index in [2.05, 4.69) is 29.2 Å². The van der Waals surface area contributed by atoms with Crippen LogP contribution in [0.25, 0.3) is 0 Å². The minimum Gasteiger partial charge on any atom is -0.395 e. The van der Waals surface area contributed by atoms with Crippen LogP contribution in [0.3, 0.4) is 0 Å². The molecule has 0 atom stereocenters. The maximum absolute atomic E-state index is 9.16. The lowest BCUT2D eigenvalue weighted by Gasteiger charge is -2.21. The summed E-state index contributed by atoms with van der Waals surface area (Å²) in [4.78, 5) is 2.33. The van der Waals surface area contributed by atoms with E-state index in [9.17, 15) is 0 Å². The Labute approximate surface area is 123 Å². The van der Waals surface area contributed by atoms with Gasteiger partial charge in [-0.3, -0.25) is 4.90 Å². The van der Waals surface area contributed by atoms with Crippen LogP contribution in [0.2, 0.25) is 0 Å². The van der Waals surface area contributed by atoms with Crippen LogP contribution in [-0.4, -0.2) is 42.9 Å². The van der Waals surface area contributed by atoms with Crippen molar-refractivity contribution in [2.75, 3.05) is 32.9 Å². The van der Waals surface area contributed by atoms with Crippen molar-refractivity contribution in [3.63, 3.8) is 0 Å². The fraction of sp³-hybridized carbons (Fsp3) is 0.647. The van der Waals surface area contributed by atoms with Crippen molar-refractivity contribution in [3.05, 3.63) is 35.9 Å². The van der Waals surface area contributed by atoms with Gasteiger partial charge in [-0.2, -0.15) is 0 Å². The number of aliphatic hydroxyl groups excluding tert-OH is 1. The predicted molar refractivity (Wildman–Crippen MR) is 83.8 cm³/mol. The van der Waals surface area contributed by atoms with Gasteiger partial charge >= 0.3 is 0 Å². The number of ether oxygens (including phenoxy) is 1. The van der Waals surface area contributed by atoms with Gasteiger partial charge in [0.15, 0.2) is 0 Å². The Bertz CT molecular complexity index is 316. The number of unbranched alkanes of at least 4 members (excludes halogenated alkanes) is 3.